The Balaban J connectivity index is 1.71. The monoisotopic (exact) mass is 315 g/mol. The first-order chi connectivity index (χ1) is 11.1. The molecule has 5 heteroatoms. The van der Waals surface area contributed by atoms with Crippen LogP contribution in [0.25, 0.3) is 0 Å². The number of nitrogens with one attached hydrogen (secondary N) is 1. The molecule has 1 amide bonds. The highest BCUT2D eigenvalue weighted by Crippen LogP contribution is 2.24. The maximum Gasteiger partial charge on any atom is 0.257 e. The highest BCUT2D eigenvalue weighted by atomic mass is 16.5. The first-order valence-corrected chi connectivity index (χ1v) is 7.57. The van der Waals surface area contributed by atoms with Crippen molar-refractivity contribution in [2.24, 2.45) is 0 Å². The third-order valence-corrected chi connectivity index (χ3v) is 3.48. The summed E-state index contributed by atoms with van der Waals surface area (Å²) in [6.07, 6.45) is 1.53. The van der Waals surface area contributed by atoms with E-state index in [2.05, 4.69) is 12.2 Å². The predicted octanol–water partition coefficient (Wildman–Crippen LogP) is 2.40. The minimum absolute atomic E-state index is 0.0354. The van der Waals surface area contributed by atoms with Crippen LogP contribution >= 0.6 is 0 Å². The second-order valence-corrected chi connectivity index (χ2v) is 5.21. The molecule has 122 valence electrons. The van der Waals surface area contributed by atoms with Gasteiger partial charge in [0.25, 0.3) is 5.91 Å². The SMILES string of the molecule is CCc1ccc(OCC(=O)NCCc2ccc(O)c(O)c2)cc1. The molecular weight excluding hydrogens is 294 g/mol. The number of hydrogen-bond donors (Lipinski definition) is 3. The van der Waals surface area contributed by atoms with Gasteiger partial charge in [-0.1, -0.05) is 25.1 Å². The largest absolute Gasteiger partial charge is 0.504 e. The van der Waals surface area contributed by atoms with Gasteiger partial charge in [0, 0.05) is 6.54 Å². The van der Waals surface area contributed by atoms with Crippen molar-refractivity contribution in [2.75, 3.05) is 13.2 Å². The predicted molar refractivity (Wildman–Crippen MR) is 87.8 cm³/mol. The summed E-state index contributed by atoms with van der Waals surface area (Å²) >= 11 is 0. The van der Waals surface area contributed by atoms with Gasteiger partial charge in [-0.15, -0.1) is 0 Å². The zero-order chi connectivity index (χ0) is 16.7. The van der Waals surface area contributed by atoms with E-state index in [4.69, 9.17) is 4.74 Å². The lowest BCUT2D eigenvalue weighted by Gasteiger charge is -2.08. The highest BCUT2D eigenvalue weighted by Gasteiger charge is 2.04. The van der Waals surface area contributed by atoms with Crippen molar-refractivity contribution in [3.8, 4) is 17.2 Å². The first-order valence-electron chi connectivity index (χ1n) is 7.57. The average molecular weight is 315 g/mol. The molecule has 0 saturated carbocycles. The standard InChI is InChI=1S/C18H21NO4/c1-2-13-3-6-15(7-4-13)23-12-18(22)19-10-9-14-5-8-16(20)17(21)11-14/h3-8,11,20-21H,2,9-10,12H2,1H3,(H,19,22). The van der Waals surface area contributed by atoms with Crippen LogP contribution in [0, 0.1) is 0 Å². The first kappa shape index (κ1) is 16.7. The Hall–Kier alpha value is -2.69. The fourth-order valence-corrected chi connectivity index (χ4v) is 2.09. The molecule has 2 rings (SSSR count). The number of carbonyl (C=O) groups is 1. The fourth-order valence-electron chi connectivity index (χ4n) is 2.09. The minimum Gasteiger partial charge on any atom is -0.504 e. The smallest absolute Gasteiger partial charge is 0.257 e. The van der Waals surface area contributed by atoms with Crippen LogP contribution in [0.1, 0.15) is 18.1 Å². The summed E-state index contributed by atoms with van der Waals surface area (Å²) in [5.74, 6) is 0.154. The van der Waals surface area contributed by atoms with Crippen molar-refractivity contribution < 1.29 is 19.7 Å². The number of amides is 1. The van der Waals surface area contributed by atoms with Crippen molar-refractivity contribution in [1.29, 1.82) is 0 Å². The Labute approximate surface area is 135 Å². The molecule has 0 spiro atoms. The highest BCUT2D eigenvalue weighted by molar-refractivity contribution is 5.77. The van der Waals surface area contributed by atoms with Gasteiger partial charge in [0.2, 0.25) is 0 Å². The molecule has 0 fully saturated rings. The molecule has 2 aromatic rings. The number of rotatable bonds is 7. The van der Waals surface area contributed by atoms with E-state index in [1.54, 1.807) is 6.07 Å². The molecule has 2 aromatic carbocycles. The summed E-state index contributed by atoms with van der Waals surface area (Å²) in [4.78, 5) is 11.7. The van der Waals surface area contributed by atoms with Crippen LogP contribution < -0.4 is 10.1 Å². The van der Waals surface area contributed by atoms with Crippen LogP contribution in [-0.2, 0) is 17.6 Å². The number of carbonyl (C=O) groups excluding carboxylic acids is 1. The molecule has 0 saturated heterocycles. The van der Waals surface area contributed by atoms with Gasteiger partial charge in [0.15, 0.2) is 18.1 Å². The van der Waals surface area contributed by atoms with Crippen molar-refractivity contribution >= 4 is 5.91 Å². The zero-order valence-corrected chi connectivity index (χ0v) is 13.1. The number of aryl methyl sites for hydroxylation is 1. The van der Waals surface area contributed by atoms with E-state index < -0.39 is 0 Å². The third kappa shape index (κ3) is 5.21. The van der Waals surface area contributed by atoms with Crippen molar-refractivity contribution in [2.45, 2.75) is 19.8 Å². The van der Waals surface area contributed by atoms with Gasteiger partial charge < -0.3 is 20.3 Å². The van der Waals surface area contributed by atoms with E-state index >= 15 is 0 Å². The molecule has 3 N–H and O–H groups in total. The number of phenols is 2. The Morgan fingerprint density at radius 3 is 2.39 bits per heavy atom. The molecule has 0 aliphatic heterocycles. The average Bonchev–Trinajstić information content (AvgIpc) is 2.56. The number of benzene rings is 2. The summed E-state index contributed by atoms with van der Waals surface area (Å²) in [6, 6.07) is 12.3. The van der Waals surface area contributed by atoms with Crippen LogP contribution in [0.15, 0.2) is 42.5 Å². The molecule has 0 heterocycles. The van der Waals surface area contributed by atoms with E-state index in [0.717, 1.165) is 12.0 Å². The number of aromatic hydroxyl groups is 2. The van der Waals surface area contributed by atoms with Crippen molar-refractivity contribution in [1.82, 2.24) is 5.32 Å². The van der Waals surface area contributed by atoms with Crippen LogP contribution in [0.4, 0.5) is 0 Å². The minimum atomic E-state index is -0.201. The van der Waals surface area contributed by atoms with Crippen molar-refractivity contribution in [3.05, 3.63) is 53.6 Å². The van der Waals surface area contributed by atoms with Crippen LogP contribution in [0.5, 0.6) is 17.2 Å². The number of hydrogen-bond acceptors (Lipinski definition) is 4. The van der Waals surface area contributed by atoms with Crippen LogP contribution in [0.3, 0.4) is 0 Å². The topological polar surface area (TPSA) is 78.8 Å². The van der Waals surface area contributed by atoms with Gasteiger partial charge in [-0.05, 0) is 48.2 Å². The van der Waals surface area contributed by atoms with E-state index in [1.165, 1.54) is 17.7 Å². The van der Waals surface area contributed by atoms with Crippen LogP contribution in [-0.4, -0.2) is 29.3 Å². The van der Waals surface area contributed by atoms with Gasteiger partial charge >= 0.3 is 0 Å². The van der Waals surface area contributed by atoms with Crippen LogP contribution in [0.2, 0.25) is 0 Å². The van der Waals surface area contributed by atoms with Gasteiger partial charge in [-0.3, -0.25) is 4.79 Å². The zero-order valence-electron chi connectivity index (χ0n) is 13.1. The molecule has 0 bridgehead atoms. The van der Waals surface area contributed by atoms with Gasteiger partial charge in [-0.25, -0.2) is 0 Å². The van der Waals surface area contributed by atoms with Gasteiger partial charge in [0.05, 0.1) is 0 Å². The number of ether oxygens (including phenoxy) is 1. The number of phenolic OH excluding ortho intramolecular Hbond substituents is 2. The molecule has 0 aliphatic carbocycles. The Morgan fingerprint density at radius 2 is 1.74 bits per heavy atom. The molecule has 0 aliphatic rings. The molecule has 0 atom stereocenters. The molecule has 5 nitrogen and oxygen atoms in total. The molecule has 0 aromatic heterocycles. The molecular formula is C18H21NO4. The normalized spacial score (nSPS) is 10.3. The van der Waals surface area contributed by atoms with E-state index in [9.17, 15) is 15.0 Å². The van der Waals surface area contributed by atoms with E-state index in [-0.39, 0.29) is 24.0 Å². The summed E-state index contributed by atoms with van der Waals surface area (Å²) < 4.78 is 5.42. The maximum atomic E-state index is 11.7. The Bertz CT molecular complexity index is 653. The van der Waals surface area contributed by atoms with Gasteiger partial charge in [-0.2, -0.15) is 0 Å². The lowest BCUT2D eigenvalue weighted by molar-refractivity contribution is -0.123. The Morgan fingerprint density at radius 1 is 1.04 bits per heavy atom. The third-order valence-electron chi connectivity index (χ3n) is 3.48. The second-order valence-electron chi connectivity index (χ2n) is 5.21. The quantitative estimate of drug-likeness (QED) is 0.686. The Kier molecular flexibility index (Phi) is 5.86. The summed E-state index contributed by atoms with van der Waals surface area (Å²) in [5, 5.41) is 21.4. The summed E-state index contributed by atoms with van der Waals surface area (Å²) in [7, 11) is 0. The van der Waals surface area contributed by atoms with E-state index in [0.29, 0.717) is 18.7 Å². The molecule has 23 heavy (non-hydrogen) atoms. The van der Waals surface area contributed by atoms with Crippen molar-refractivity contribution in [3.63, 3.8) is 0 Å². The lowest BCUT2D eigenvalue weighted by atomic mass is 10.1. The van der Waals surface area contributed by atoms with E-state index in [1.807, 2.05) is 24.3 Å². The van der Waals surface area contributed by atoms with Gasteiger partial charge in [0.1, 0.15) is 5.75 Å². The fraction of sp³-hybridized carbons (Fsp3) is 0.278. The lowest BCUT2D eigenvalue weighted by Crippen LogP contribution is -2.30. The maximum absolute atomic E-state index is 11.7. The summed E-state index contributed by atoms with van der Waals surface area (Å²) in [5.41, 5.74) is 2.05. The molecule has 0 unspecified atom stereocenters. The summed E-state index contributed by atoms with van der Waals surface area (Å²) in [6.45, 7) is 2.48. The molecule has 0 radical (unpaired) electrons. The second kappa shape index (κ2) is 8.08.